The molecule has 0 fully saturated rings. The molecular formula is C26H28ClNO5. The van der Waals surface area contributed by atoms with Crippen molar-refractivity contribution < 1.29 is 19.4 Å². The highest BCUT2D eigenvalue weighted by molar-refractivity contribution is 6.32. The van der Waals surface area contributed by atoms with Gasteiger partial charge in [0, 0.05) is 18.0 Å². The summed E-state index contributed by atoms with van der Waals surface area (Å²) in [5.41, 5.74) is 2.63. The van der Waals surface area contributed by atoms with Gasteiger partial charge in [-0.3, -0.25) is 4.79 Å². The van der Waals surface area contributed by atoms with Crippen LogP contribution in [0.1, 0.15) is 50.1 Å². The maximum absolute atomic E-state index is 13.3. The van der Waals surface area contributed by atoms with Crippen molar-refractivity contribution in [2.45, 2.75) is 52.2 Å². The molecule has 0 amide bonds. The first-order chi connectivity index (χ1) is 15.5. The lowest BCUT2D eigenvalue weighted by atomic mass is 9.88. The van der Waals surface area contributed by atoms with Gasteiger partial charge < -0.3 is 19.1 Å². The first-order valence-electron chi connectivity index (χ1n) is 11.0. The summed E-state index contributed by atoms with van der Waals surface area (Å²) < 4.78 is 13.2. The highest BCUT2D eigenvalue weighted by Crippen LogP contribution is 2.44. The van der Waals surface area contributed by atoms with Crippen LogP contribution in [0.25, 0.3) is 21.9 Å². The number of halogens is 1. The normalized spacial score (nSPS) is 14.6. The summed E-state index contributed by atoms with van der Waals surface area (Å²) in [5, 5.41) is 11.8. The van der Waals surface area contributed by atoms with Crippen LogP contribution in [0.5, 0.6) is 5.75 Å². The van der Waals surface area contributed by atoms with Gasteiger partial charge in [0.15, 0.2) is 6.10 Å². The molecule has 1 N–H and O–H groups in total. The Balaban J connectivity index is 2.16. The molecule has 1 aliphatic rings. The zero-order valence-corrected chi connectivity index (χ0v) is 20.2. The van der Waals surface area contributed by atoms with Crippen molar-refractivity contribution in [3.05, 3.63) is 62.5 Å². The lowest BCUT2D eigenvalue weighted by Crippen LogP contribution is -2.33. The smallest absolute Gasteiger partial charge is 0.339 e. The molecule has 1 unspecified atom stereocenters. The van der Waals surface area contributed by atoms with Crippen LogP contribution in [0, 0.1) is 6.92 Å². The Morgan fingerprint density at radius 1 is 1.24 bits per heavy atom. The summed E-state index contributed by atoms with van der Waals surface area (Å²) in [6.07, 6.45) is 0.335. The van der Waals surface area contributed by atoms with E-state index < -0.39 is 17.7 Å². The molecule has 2 heterocycles. The third-order valence-electron chi connectivity index (χ3n) is 6.00. The average Bonchev–Trinajstić information content (AvgIpc) is 2.77. The van der Waals surface area contributed by atoms with Gasteiger partial charge in [-0.05, 0) is 74.7 Å². The van der Waals surface area contributed by atoms with Gasteiger partial charge in [-0.15, -0.1) is 0 Å². The molecule has 1 atom stereocenters. The standard InChI is InChI=1S/C26H28ClNO5/c1-14-15-11-8-12-32-22(15)19(27)13-18(14)20-16-9-6-7-10-17(16)24(29)28(5)21(20)23(25(30)31)33-26(2,3)4/h6-7,9-10,13,23H,8,11-12H2,1-5H3,(H,30,31). The van der Waals surface area contributed by atoms with Crippen LogP contribution in [-0.2, 0) is 23.0 Å². The molecule has 2 aromatic carbocycles. The Hall–Kier alpha value is -2.83. The molecule has 0 radical (unpaired) electrons. The number of rotatable bonds is 4. The lowest BCUT2D eigenvalue weighted by molar-refractivity contribution is -0.161. The fourth-order valence-electron chi connectivity index (χ4n) is 4.57. The van der Waals surface area contributed by atoms with Gasteiger partial charge in [-0.2, -0.15) is 0 Å². The van der Waals surface area contributed by atoms with E-state index in [-0.39, 0.29) is 11.3 Å². The lowest BCUT2D eigenvalue weighted by Gasteiger charge is -2.30. The fourth-order valence-corrected chi connectivity index (χ4v) is 4.85. The summed E-state index contributed by atoms with van der Waals surface area (Å²) in [6, 6.07) is 9.05. The number of nitrogens with zero attached hydrogens (tertiary/aromatic N) is 1. The number of pyridine rings is 1. The highest BCUT2D eigenvalue weighted by atomic mass is 35.5. The average molecular weight is 470 g/mol. The molecule has 0 aliphatic carbocycles. The highest BCUT2D eigenvalue weighted by Gasteiger charge is 2.34. The van der Waals surface area contributed by atoms with Gasteiger partial charge >= 0.3 is 5.97 Å². The molecule has 6 nitrogen and oxygen atoms in total. The van der Waals surface area contributed by atoms with Crippen LogP contribution in [0.2, 0.25) is 5.02 Å². The van der Waals surface area contributed by atoms with Crippen LogP contribution in [0.15, 0.2) is 35.1 Å². The number of carboxylic acid groups (broad SMARTS) is 1. The molecule has 4 rings (SSSR count). The third kappa shape index (κ3) is 4.13. The molecule has 174 valence electrons. The number of hydrogen-bond acceptors (Lipinski definition) is 4. The van der Waals surface area contributed by atoms with E-state index in [1.165, 1.54) is 4.57 Å². The molecule has 1 aromatic heterocycles. The first kappa shape index (κ1) is 23.3. The molecule has 0 bridgehead atoms. The Morgan fingerprint density at radius 2 is 1.91 bits per heavy atom. The number of carbonyl (C=O) groups is 1. The van der Waals surface area contributed by atoms with Crippen LogP contribution in [0.4, 0.5) is 0 Å². The van der Waals surface area contributed by atoms with Gasteiger partial charge in [0.25, 0.3) is 5.56 Å². The van der Waals surface area contributed by atoms with E-state index in [4.69, 9.17) is 21.1 Å². The minimum Gasteiger partial charge on any atom is -0.492 e. The van der Waals surface area contributed by atoms with Gasteiger partial charge in [-0.25, -0.2) is 4.79 Å². The Kier molecular flexibility index (Phi) is 6.01. The number of ether oxygens (including phenoxy) is 2. The van der Waals surface area contributed by atoms with E-state index in [2.05, 4.69) is 0 Å². The number of aliphatic carboxylic acids is 1. The number of benzene rings is 2. The summed E-state index contributed by atoms with van der Waals surface area (Å²) in [7, 11) is 1.59. The second kappa shape index (κ2) is 8.50. The Morgan fingerprint density at radius 3 is 2.55 bits per heavy atom. The van der Waals surface area contributed by atoms with Crippen molar-refractivity contribution in [2.24, 2.45) is 7.05 Å². The van der Waals surface area contributed by atoms with E-state index in [0.29, 0.717) is 33.7 Å². The summed E-state index contributed by atoms with van der Waals surface area (Å²) in [6.45, 7) is 7.98. The monoisotopic (exact) mass is 469 g/mol. The topological polar surface area (TPSA) is 77.8 Å². The Bertz CT molecular complexity index is 1320. The second-order valence-corrected chi connectivity index (χ2v) is 9.82. The van der Waals surface area contributed by atoms with E-state index in [0.717, 1.165) is 29.5 Å². The molecule has 1 aliphatic heterocycles. The van der Waals surface area contributed by atoms with Crippen LogP contribution < -0.4 is 10.3 Å². The van der Waals surface area contributed by atoms with Crippen LogP contribution in [-0.4, -0.2) is 27.9 Å². The number of carboxylic acids is 1. The van der Waals surface area contributed by atoms with Crippen molar-refractivity contribution in [3.63, 3.8) is 0 Å². The predicted molar refractivity (Wildman–Crippen MR) is 129 cm³/mol. The van der Waals surface area contributed by atoms with Gasteiger partial charge in [-0.1, -0.05) is 29.8 Å². The van der Waals surface area contributed by atoms with Crippen molar-refractivity contribution in [2.75, 3.05) is 6.61 Å². The molecule has 0 spiro atoms. The van der Waals surface area contributed by atoms with Crippen LogP contribution >= 0.6 is 11.6 Å². The van der Waals surface area contributed by atoms with Crippen molar-refractivity contribution in [3.8, 4) is 16.9 Å². The van der Waals surface area contributed by atoms with Crippen LogP contribution in [0.3, 0.4) is 0 Å². The minimum atomic E-state index is -1.35. The zero-order chi connectivity index (χ0) is 24.1. The molecule has 33 heavy (non-hydrogen) atoms. The van der Waals surface area contributed by atoms with E-state index in [9.17, 15) is 14.7 Å². The van der Waals surface area contributed by atoms with Crippen molar-refractivity contribution in [1.29, 1.82) is 0 Å². The number of fused-ring (bicyclic) bond motifs is 2. The fraction of sp³-hybridized carbons (Fsp3) is 0.385. The van der Waals surface area contributed by atoms with Gasteiger partial charge in [0.2, 0.25) is 0 Å². The van der Waals surface area contributed by atoms with E-state index >= 15 is 0 Å². The van der Waals surface area contributed by atoms with Crippen molar-refractivity contribution >= 4 is 28.3 Å². The maximum atomic E-state index is 13.3. The number of hydrogen-bond donors (Lipinski definition) is 1. The third-order valence-corrected chi connectivity index (χ3v) is 6.28. The molecule has 0 saturated carbocycles. The van der Waals surface area contributed by atoms with E-state index in [1.54, 1.807) is 40.0 Å². The van der Waals surface area contributed by atoms with Gasteiger partial charge in [0.05, 0.1) is 22.9 Å². The molecular weight excluding hydrogens is 442 g/mol. The SMILES string of the molecule is Cc1c(-c2c(C(OC(C)(C)C)C(=O)O)n(C)c(=O)c3ccccc23)cc(Cl)c2c1CCCO2. The minimum absolute atomic E-state index is 0.279. The molecule has 0 saturated heterocycles. The van der Waals surface area contributed by atoms with Crippen molar-refractivity contribution in [1.82, 2.24) is 4.57 Å². The summed E-state index contributed by atoms with van der Waals surface area (Å²) in [5.74, 6) is -0.484. The predicted octanol–water partition coefficient (Wildman–Crippen LogP) is 5.43. The number of aromatic nitrogens is 1. The second-order valence-electron chi connectivity index (χ2n) is 9.41. The quantitative estimate of drug-likeness (QED) is 0.551. The summed E-state index contributed by atoms with van der Waals surface area (Å²) >= 11 is 6.65. The molecule has 7 heteroatoms. The first-order valence-corrected chi connectivity index (χ1v) is 11.4. The summed E-state index contributed by atoms with van der Waals surface area (Å²) in [4.78, 5) is 25.7. The van der Waals surface area contributed by atoms with Gasteiger partial charge in [0.1, 0.15) is 5.75 Å². The largest absolute Gasteiger partial charge is 0.492 e. The zero-order valence-electron chi connectivity index (χ0n) is 19.5. The Labute approximate surface area is 197 Å². The molecule has 3 aromatic rings. The maximum Gasteiger partial charge on any atom is 0.339 e. The van der Waals surface area contributed by atoms with E-state index in [1.807, 2.05) is 25.1 Å².